The molecule has 0 unspecified atom stereocenters. The first-order chi connectivity index (χ1) is 9.04. The Balaban J connectivity index is 2.03. The summed E-state index contributed by atoms with van der Waals surface area (Å²) in [6.45, 7) is 2.01. The number of thiocarbonyl (C=S) groups is 1. The molecule has 2 aromatic carbocycles. The molecule has 0 aliphatic rings. The van der Waals surface area contributed by atoms with Gasteiger partial charge in [-0.1, -0.05) is 40.9 Å². The van der Waals surface area contributed by atoms with Crippen molar-refractivity contribution in [2.24, 2.45) is 0 Å². The lowest BCUT2D eigenvalue weighted by Gasteiger charge is -2.11. The van der Waals surface area contributed by atoms with Crippen molar-refractivity contribution in [2.45, 2.75) is 6.92 Å². The molecular weight excluding hydrogens is 301 g/mol. The maximum absolute atomic E-state index is 6.04. The van der Waals surface area contributed by atoms with Crippen molar-refractivity contribution in [3.63, 3.8) is 0 Å². The van der Waals surface area contributed by atoms with E-state index in [1.807, 2.05) is 31.2 Å². The number of ether oxygens (including phenoxy) is 1. The van der Waals surface area contributed by atoms with Crippen molar-refractivity contribution >= 4 is 46.3 Å². The molecule has 0 bridgehead atoms. The summed E-state index contributed by atoms with van der Waals surface area (Å²) >= 11 is 17.0. The van der Waals surface area contributed by atoms with E-state index in [-0.39, 0.29) is 5.17 Å². The first-order valence-corrected chi connectivity index (χ1v) is 6.71. The Bertz CT molecular complexity index is 599. The van der Waals surface area contributed by atoms with Gasteiger partial charge in [0, 0.05) is 5.02 Å². The molecular formula is C14H11Cl2NOS. The average molecular weight is 312 g/mol. The van der Waals surface area contributed by atoms with Crippen LogP contribution >= 0.6 is 35.4 Å². The molecule has 0 fully saturated rings. The van der Waals surface area contributed by atoms with Crippen LogP contribution in [-0.2, 0) is 0 Å². The number of rotatable bonds is 2. The molecule has 0 saturated heterocycles. The predicted molar refractivity (Wildman–Crippen MR) is 84.5 cm³/mol. The molecule has 1 N–H and O–H groups in total. The number of nitrogens with one attached hydrogen (secondary N) is 1. The number of halogens is 2. The van der Waals surface area contributed by atoms with Gasteiger partial charge >= 0.3 is 0 Å². The fraction of sp³-hybridized carbons (Fsp3) is 0.0714. The van der Waals surface area contributed by atoms with Gasteiger partial charge in [0.1, 0.15) is 5.75 Å². The maximum Gasteiger partial charge on any atom is 0.266 e. The predicted octanol–water partition coefficient (Wildman–Crippen LogP) is 5.08. The Morgan fingerprint density at radius 2 is 1.79 bits per heavy atom. The molecule has 2 rings (SSSR count). The number of benzene rings is 2. The van der Waals surface area contributed by atoms with Crippen LogP contribution in [0, 0.1) is 6.92 Å². The lowest BCUT2D eigenvalue weighted by Crippen LogP contribution is -2.16. The molecule has 0 aliphatic carbocycles. The van der Waals surface area contributed by atoms with E-state index in [0.29, 0.717) is 21.5 Å². The van der Waals surface area contributed by atoms with Crippen molar-refractivity contribution < 1.29 is 4.74 Å². The summed E-state index contributed by atoms with van der Waals surface area (Å²) in [5.41, 5.74) is 1.81. The second kappa shape index (κ2) is 6.24. The molecule has 19 heavy (non-hydrogen) atoms. The second-order valence-corrected chi connectivity index (χ2v) is 5.17. The van der Waals surface area contributed by atoms with E-state index >= 15 is 0 Å². The van der Waals surface area contributed by atoms with Gasteiger partial charge in [-0.15, -0.1) is 0 Å². The van der Waals surface area contributed by atoms with Crippen LogP contribution in [0.25, 0.3) is 0 Å². The molecule has 0 heterocycles. The molecule has 0 radical (unpaired) electrons. The molecule has 0 aromatic heterocycles. The van der Waals surface area contributed by atoms with E-state index in [4.69, 9.17) is 40.2 Å². The lowest BCUT2D eigenvalue weighted by molar-refractivity contribution is 0.563. The third kappa shape index (κ3) is 4.10. The Hall–Kier alpha value is -1.29. The minimum atomic E-state index is 0.230. The van der Waals surface area contributed by atoms with E-state index in [9.17, 15) is 0 Å². The Labute approximate surface area is 127 Å². The summed E-state index contributed by atoms with van der Waals surface area (Å²) in [4.78, 5) is 0. The topological polar surface area (TPSA) is 21.3 Å². The van der Waals surface area contributed by atoms with Crippen LogP contribution in [0.15, 0.2) is 42.5 Å². The third-order valence-electron chi connectivity index (χ3n) is 2.40. The van der Waals surface area contributed by atoms with E-state index in [2.05, 4.69) is 5.32 Å². The monoisotopic (exact) mass is 311 g/mol. The van der Waals surface area contributed by atoms with Crippen LogP contribution < -0.4 is 10.1 Å². The zero-order valence-corrected chi connectivity index (χ0v) is 12.4. The Morgan fingerprint density at radius 3 is 2.42 bits per heavy atom. The molecule has 5 heteroatoms. The van der Waals surface area contributed by atoms with E-state index in [1.165, 1.54) is 0 Å². The molecule has 98 valence electrons. The molecule has 0 spiro atoms. The summed E-state index contributed by atoms with van der Waals surface area (Å²) in [5.74, 6) is 0.674. The van der Waals surface area contributed by atoms with Gasteiger partial charge in [0.2, 0.25) is 0 Å². The van der Waals surface area contributed by atoms with Crippen LogP contribution in [-0.4, -0.2) is 5.17 Å². The van der Waals surface area contributed by atoms with Gasteiger partial charge < -0.3 is 10.1 Å². The van der Waals surface area contributed by atoms with Crippen LogP contribution in [0.1, 0.15) is 5.56 Å². The molecule has 2 aromatic rings. The molecule has 2 nitrogen and oxygen atoms in total. The first-order valence-electron chi connectivity index (χ1n) is 5.55. The van der Waals surface area contributed by atoms with Crippen LogP contribution in [0.3, 0.4) is 0 Å². The quantitative estimate of drug-likeness (QED) is 0.782. The highest BCUT2D eigenvalue weighted by Crippen LogP contribution is 2.25. The number of hydrogen-bond donors (Lipinski definition) is 1. The largest absolute Gasteiger partial charge is 0.432 e. The van der Waals surface area contributed by atoms with Crippen molar-refractivity contribution in [3.8, 4) is 5.75 Å². The van der Waals surface area contributed by atoms with E-state index < -0.39 is 0 Å². The van der Waals surface area contributed by atoms with E-state index in [0.717, 1.165) is 5.56 Å². The molecule has 0 atom stereocenters. The highest BCUT2D eigenvalue weighted by molar-refractivity contribution is 7.80. The third-order valence-corrected chi connectivity index (χ3v) is 3.13. The van der Waals surface area contributed by atoms with Crippen molar-refractivity contribution in [1.29, 1.82) is 0 Å². The Morgan fingerprint density at radius 1 is 1.11 bits per heavy atom. The molecule has 0 saturated carbocycles. The van der Waals surface area contributed by atoms with Gasteiger partial charge in [0.25, 0.3) is 5.17 Å². The molecule has 0 aliphatic heterocycles. The lowest BCUT2D eigenvalue weighted by atomic mass is 10.2. The van der Waals surface area contributed by atoms with Gasteiger partial charge in [-0.3, -0.25) is 0 Å². The smallest absolute Gasteiger partial charge is 0.266 e. The fourth-order valence-corrected chi connectivity index (χ4v) is 2.10. The highest BCUT2D eigenvalue weighted by Gasteiger charge is 2.05. The van der Waals surface area contributed by atoms with Crippen LogP contribution in [0.4, 0.5) is 5.69 Å². The van der Waals surface area contributed by atoms with Gasteiger partial charge in [0.05, 0.1) is 10.7 Å². The normalized spacial score (nSPS) is 10.1. The minimum Gasteiger partial charge on any atom is -0.432 e. The van der Waals surface area contributed by atoms with E-state index in [1.54, 1.807) is 18.2 Å². The summed E-state index contributed by atoms with van der Waals surface area (Å²) in [6, 6.07) is 12.7. The van der Waals surface area contributed by atoms with Gasteiger partial charge in [-0.05, 0) is 49.5 Å². The zero-order valence-electron chi connectivity index (χ0n) is 10.1. The molecule has 0 amide bonds. The van der Waals surface area contributed by atoms with Gasteiger partial charge in [-0.25, -0.2) is 0 Å². The van der Waals surface area contributed by atoms with Crippen LogP contribution in [0.2, 0.25) is 10.0 Å². The second-order valence-electron chi connectivity index (χ2n) is 3.95. The minimum absolute atomic E-state index is 0.230. The zero-order chi connectivity index (χ0) is 13.8. The summed E-state index contributed by atoms with van der Waals surface area (Å²) in [7, 11) is 0. The Kier molecular flexibility index (Phi) is 4.64. The van der Waals surface area contributed by atoms with Crippen molar-refractivity contribution in [3.05, 3.63) is 58.1 Å². The number of hydrogen-bond acceptors (Lipinski definition) is 2. The summed E-state index contributed by atoms with van der Waals surface area (Å²) in [6.07, 6.45) is 0. The van der Waals surface area contributed by atoms with Crippen LogP contribution in [0.5, 0.6) is 5.75 Å². The highest BCUT2D eigenvalue weighted by atomic mass is 35.5. The number of aryl methyl sites for hydroxylation is 1. The SMILES string of the molecule is Cc1ccc(OC(=S)Nc2ccc(Cl)cc2Cl)cc1. The van der Waals surface area contributed by atoms with Gasteiger partial charge in [0.15, 0.2) is 0 Å². The fourth-order valence-electron chi connectivity index (χ4n) is 1.44. The first kappa shape index (κ1) is 14.1. The summed E-state index contributed by atoms with van der Waals surface area (Å²) in [5, 5.41) is 4.21. The standard InChI is InChI=1S/C14H11Cl2NOS/c1-9-2-5-11(6-3-9)18-14(19)17-13-7-4-10(15)8-12(13)16/h2-8H,1H3,(H,17,19). The average Bonchev–Trinajstić information content (AvgIpc) is 2.36. The van der Waals surface area contributed by atoms with Gasteiger partial charge in [-0.2, -0.15) is 0 Å². The van der Waals surface area contributed by atoms with Crippen molar-refractivity contribution in [1.82, 2.24) is 0 Å². The summed E-state index contributed by atoms with van der Waals surface area (Å²) < 4.78 is 5.49. The maximum atomic E-state index is 6.04. The number of anilines is 1. The van der Waals surface area contributed by atoms with Crippen molar-refractivity contribution in [2.75, 3.05) is 5.32 Å².